The fraction of sp³-hybridized carbons (Fsp3) is 0.438. The van der Waals surface area contributed by atoms with Crippen LogP contribution in [-0.4, -0.2) is 32.1 Å². The molecule has 0 bridgehead atoms. The van der Waals surface area contributed by atoms with Crippen molar-refractivity contribution in [2.75, 3.05) is 6.54 Å². The zero-order valence-electron chi connectivity index (χ0n) is 12.7. The third kappa shape index (κ3) is 2.42. The summed E-state index contributed by atoms with van der Waals surface area (Å²) in [7, 11) is 0. The molecular weight excluding hydrogens is 335 g/mol. The van der Waals surface area contributed by atoms with Crippen molar-refractivity contribution in [3.8, 4) is 0 Å². The highest BCUT2D eigenvalue weighted by Crippen LogP contribution is 2.41. The highest BCUT2D eigenvalue weighted by Gasteiger charge is 2.36. The van der Waals surface area contributed by atoms with E-state index in [9.17, 15) is 4.79 Å². The van der Waals surface area contributed by atoms with E-state index in [1.54, 1.807) is 23.1 Å². The molecule has 2 aliphatic rings. The van der Waals surface area contributed by atoms with E-state index in [4.69, 9.17) is 23.2 Å². The number of halogens is 2. The molecule has 0 N–H and O–H groups in total. The number of amides is 1. The van der Waals surface area contributed by atoms with Crippen molar-refractivity contribution in [2.45, 2.75) is 38.3 Å². The number of carbonyl (C=O) groups is 1. The molecule has 1 aliphatic carbocycles. The predicted octanol–water partition coefficient (Wildman–Crippen LogP) is 3.68. The molecule has 7 heteroatoms. The van der Waals surface area contributed by atoms with E-state index in [1.165, 1.54) is 12.8 Å². The van der Waals surface area contributed by atoms with E-state index in [0.29, 0.717) is 28.1 Å². The van der Waals surface area contributed by atoms with Crippen LogP contribution >= 0.6 is 23.2 Å². The highest BCUT2D eigenvalue weighted by molar-refractivity contribution is 6.43. The summed E-state index contributed by atoms with van der Waals surface area (Å²) in [5.41, 5.74) is 0.432. The van der Waals surface area contributed by atoms with E-state index >= 15 is 0 Å². The van der Waals surface area contributed by atoms with Crippen molar-refractivity contribution in [1.82, 2.24) is 19.7 Å². The smallest absolute Gasteiger partial charge is 0.256 e. The first kappa shape index (κ1) is 15.0. The van der Waals surface area contributed by atoms with Gasteiger partial charge in [-0.05, 0) is 31.9 Å². The first-order chi connectivity index (χ1) is 11.1. The van der Waals surface area contributed by atoms with Crippen LogP contribution in [0.5, 0.6) is 0 Å². The number of hydrogen-bond donors (Lipinski definition) is 0. The van der Waals surface area contributed by atoms with E-state index < -0.39 is 0 Å². The van der Waals surface area contributed by atoms with Gasteiger partial charge in [0.15, 0.2) is 5.82 Å². The molecule has 4 rings (SSSR count). The summed E-state index contributed by atoms with van der Waals surface area (Å²) in [6.07, 6.45) is 2.38. The Bertz CT molecular complexity index is 784. The normalized spacial score (nSPS) is 20.5. The molecule has 2 aromatic rings. The molecule has 1 fully saturated rings. The number of aromatic nitrogens is 3. The van der Waals surface area contributed by atoms with Gasteiger partial charge < -0.3 is 9.47 Å². The van der Waals surface area contributed by atoms with Crippen LogP contribution in [0, 0.1) is 0 Å². The van der Waals surface area contributed by atoms with E-state index in [1.807, 2.05) is 6.92 Å². The van der Waals surface area contributed by atoms with Gasteiger partial charge >= 0.3 is 0 Å². The van der Waals surface area contributed by atoms with Crippen molar-refractivity contribution in [1.29, 1.82) is 0 Å². The second-order valence-corrected chi connectivity index (χ2v) is 6.90. The summed E-state index contributed by atoms with van der Waals surface area (Å²) in [4.78, 5) is 14.7. The van der Waals surface area contributed by atoms with Crippen LogP contribution in [0.2, 0.25) is 10.0 Å². The number of fused-ring (bicyclic) bond motifs is 1. The number of carbonyl (C=O) groups excluding carboxylic acids is 1. The summed E-state index contributed by atoms with van der Waals surface area (Å²) in [5.74, 6) is 2.35. The van der Waals surface area contributed by atoms with Gasteiger partial charge in [-0.25, -0.2) is 0 Å². The number of hydrogen-bond acceptors (Lipinski definition) is 3. The molecule has 0 spiro atoms. The Labute approximate surface area is 144 Å². The fourth-order valence-corrected chi connectivity index (χ4v) is 3.53. The lowest BCUT2D eigenvalue weighted by molar-refractivity contribution is 0.0636. The first-order valence-electron chi connectivity index (χ1n) is 7.76. The second kappa shape index (κ2) is 5.49. The van der Waals surface area contributed by atoms with Crippen LogP contribution in [0.15, 0.2) is 18.2 Å². The summed E-state index contributed by atoms with van der Waals surface area (Å²) in [6, 6.07) is 4.99. The van der Waals surface area contributed by atoms with E-state index in [0.717, 1.165) is 18.2 Å². The molecule has 1 unspecified atom stereocenters. The van der Waals surface area contributed by atoms with Crippen molar-refractivity contribution in [3.63, 3.8) is 0 Å². The molecule has 1 aliphatic heterocycles. The minimum Gasteiger partial charge on any atom is -0.327 e. The first-order valence-corrected chi connectivity index (χ1v) is 8.51. The number of nitrogens with zero attached hydrogens (tertiary/aromatic N) is 4. The summed E-state index contributed by atoms with van der Waals surface area (Å²) in [5, 5.41) is 9.35. The Morgan fingerprint density at radius 1 is 1.17 bits per heavy atom. The maximum Gasteiger partial charge on any atom is 0.256 e. The average molecular weight is 351 g/mol. The quantitative estimate of drug-likeness (QED) is 0.829. The molecular formula is C16H16Cl2N4O. The lowest BCUT2D eigenvalue weighted by atomic mass is 10.1. The molecule has 2 heterocycles. The van der Waals surface area contributed by atoms with Crippen molar-refractivity contribution < 1.29 is 4.79 Å². The minimum absolute atomic E-state index is 0.118. The molecule has 5 nitrogen and oxygen atoms in total. The zero-order valence-corrected chi connectivity index (χ0v) is 14.2. The molecule has 0 radical (unpaired) electrons. The topological polar surface area (TPSA) is 51.0 Å². The maximum atomic E-state index is 12.9. The summed E-state index contributed by atoms with van der Waals surface area (Å²) in [6.45, 7) is 3.32. The molecule has 1 atom stereocenters. The van der Waals surface area contributed by atoms with Crippen molar-refractivity contribution in [3.05, 3.63) is 45.5 Å². The Kier molecular flexibility index (Phi) is 3.58. The van der Waals surface area contributed by atoms with Crippen LogP contribution < -0.4 is 0 Å². The third-order valence-electron chi connectivity index (χ3n) is 4.60. The molecule has 1 aromatic heterocycles. The van der Waals surface area contributed by atoms with Gasteiger partial charge in [0.05, 0.1) is 21.7 Å². The molecule has 120 valence electrons. The summed E-state index contributed by atoms with van der Waals surface area (Å²) >= 11 is 12.2. The van der Waals surface area contributed by atoms with Crippen LogP contribution in [-0.2, 0) is 6.54 Å². The second-order valence-electron chi connectivity index (χ2n) is 6.12. The van der Waals surface area contributed by atoms with Gasteiger partial charge in [0.1, 0.15) is 5.82 Å². The largest absolute Gasteiger partial charge is 0.327 e. The van der Waals surface area contributed by atoms with E-state index in [-0.39, 0.29) is 11.9 Å². The van der Waals surface area contributed by atoms with Gasteiger partial charge in [0.25, 0.3) is 5.91 Å². The average Bonchev–Trinajstić information content (AvgIpc) is 3.29. The van der Waals surface area contributed by atoms with Crippen LogP contribution in [0.25, 0.3) is 0 Å². The van der Waals surface area contributed by atoms with Crippen LogP contribution in [0.3, 0.4) is 0 Å². The number of rotatable bonds is 2. The fourth-order valence-electron chi connectivity index (χ4n) is 3.15. The number of benzene rings is 1. The zero-order chi connectivity index (χ0) is 16.1. The lowest BCUT2D eigenvalue weighted by Gasteiger charge is -2.34. The van der Waals surface area contributed by atoms with Crippen LogP contribution in [0.4, 0.5) is 0 Å². The monoisotopic (exact) mass is 350 g/mol. The van der Waals surface area contributed by atoms with Gasteiger partial charge in [-0.15, -0.1) is 10.2 Å². The van der Waals surface area contributed by atoms with Crippen molar-refractivity contribution in [2.24, 2.45) is 0 Å². The van der Waals surface area contributed by atoms with Crippen LogP contribution in [0.1, 0.15) is 53.7 Å². The lowest BCUT2D eigenvalue weighted by Crippen LogP contribution is -2.41. The highest BCUT2D eigenvalue weighted by atomic mass is 35.5. The van der Waals surface area contributed by atoms with Crippen molar-refractivity contribution >= 4 is 29.1 Å². The minimum atomic E-state index is -0.133. The maximum absolute atomic E-state index is 12.9. The Morgan fingerprint density at radius 3 is 2.65 bits per heavy atom. The van der Waals surface area contributed by atoms with E-state index in [2.05, 4.69) is 14.8 Å². The molecule has 0 saturated heterocycles. The van der Waals surface area contributed by atoms with Gasteiger partial charge in [0.2, 0.25) is 0 Å². The molecule has 23 heavy (non-hydrogen) atoms. The Hall–Kier alpha value is -1.59. The van der Waals surface area contributed by atoms with Gasteiger partial charge in [0, 0.05) is 19.0 Å². The third-order valence-corrected chi connectivity index (χ3v) is 5.42. The SMILES string of the molecule is CC1c2nnc(C3CC3)n2CCN1C(=O)c1cccc(Cl)c1Cl. The predicted molar refractivity (Wildman–Crippen MR) is 87.9 cm³/mol. The Balaban J connectivity index is 1.65. The standard InChI is InChI=1S/C16H16Cl2N4O/c1-9-14-19-20-15(10-5-6-10)22(14)8-7-21(9)16(23)11-3-2-4-12(17)13(11)18/h2-4,9-10H,5-8H2,1H3. The van der Waals surface area contributed by atoms with Gasteiger partial charge in [-0.1, -0.05) is 29.3 Å². The Morgan fingerprint density at radius 2 is 1.91 bits per heavy atom. The van der Waals surface area contributed by atoms with Gasteiger partial charge in [-0.3, -0.25) is 4.79 Å². The molecule has 1 amide bonds. The molecule has 1 saturated carbocycles. The van der Waals surface area contributed by atoms with Gasteiger partial charge in [-0.2, -0.15) is 0 Å². The molecule has 1 aromatic carbocycles. The summed E-state index contributed by atoms with van der Waals surface area (Å²) < 4.78 is 2.17.